The Kier molecular flexibility index (Phi) is 22.8. The Morgan fingerprint density at radius 1 is 0.354 bits per heavy atom. The molecule has 8 aromatic rings. The summed E-state index contributed by atoms with van der Waals surface area (Å²) >= 11 is 0. The average molecular weight is 1100 g/mol. The molecule has 4 nitrogen and oxygen atoms in total. The fourth-order valence-electron chi connectivity index (χ4n) is 12.6. The number of nitrogens with zero attached hydrogens (tertiary/aromatic N) is 4. The van der Waals surface area contributed by atoms with Crippen LogP contribution >= 0.6 is 0 Å². The van der Waals surface area contributed by atoms with Crippen molar-refractivity contribution in [2.45, 2.75) is 195 Å². The normalized spacial score (nSPS) is 11.8. The van der Waals surface area contributed by atoms with E-state index in [4.69, 9.17) is 0 Å². The van der Waals surface area contributed by atoms with Crippen LogP contribution in [0.3, 0.4) is 0 Å². The number of benzene rings is 4. The highest BCUT2D eigenvalue weighted by molar-refractivity contribution is 5.68. The maximum atomic E-state index is 2.38. The maximum absolute atomic E-state index is 2.38. The Hall–Kier alpha value is -6.52. The van der Waals surface area contributed by atoms with Crippen molar-refractivity contribution in [1.82, 2.24) is 0 Å². The first-order chi connectivity index (χ1) is 38.3. The van der Waals surface area contributed by atoms with Gasteiger partial charge in [-0.1, -0.05) is 118 Å². The molecule has 0 saturated carbocycles. The van der Waals surface area contributed by atoms with Crippen LogP contribution in [-0.4, -0.2) is 0 Å². The Morgan fingerprint density at radius 2 is 0.671 bits per heavy atom. The second kappa shape index (κ2) is 28.2. The quantitative estimate of drug-likeness (QED) is 0.121. The average Bonchev–Trinajstić information content (AvgIpc) is 3.35. The molecule has 4 heterocycles. The van der Waals surface area contributed by atoms with Crippen molar-refractivity contribution in [1.29, 1.82) is 0 Å². The molecule has 8 rings (SSSR count). The van der Waals surface area contributed by atoms with Crippen LogP contribution in [0.2, 0.25) is 0 Å². The van der Waals surface area contributed by atoms with Crippen molar-refractivity contribution >= 4 is 0 Å². The van der Waals surface area contributed by atoms with Crippen molar-refractivity contribution in [2.24, 2.45) is 33.6 Å². The van der Waals surface area contributed by atoms with E-state index in [0.717, 1.165) is 6.42 Å². The van der Waals surface area contributed by atoms with Crippen molar-refractivity contribution < 1.29 is 18.3 Å². The number of rotatable bonds is 10. The minimum Gasteiger partial charge on any atom is -0.201 e. The van der Waals surface area contributed by atoms with Gasteiger partial charge in [0.1, 0.15) is 28.2 Å². The molecular weight excluding hydrogens is 993 g/mol. The van der Waals surface area contributed by atoms with E-state index in [1.54, 1.807) is 0 Å². The highest BCUT2D eigenvalue weighted by Gasteiger charge is 2.23. The molecule has 0 N–H and O–H groups in total. The largest absolute Gasteiger partial charge is 0.215 e. The lowest BCUT2D eigenvalue weighted by molar-refractivity contribution is -0.661. The second-order valence-corrected chi connectivity index (χ2v) is 26.8. The summed E-state index contributed by atoms with van der Waals surface area (Å²) in [4.78, 5) is 0. The van der Waals surface area contributed by atoms with Gasteiger partial charge in [-0.3, -0.25) is 0 Å². The maximum Gasteiger partial charge on any atom is 0.215 e. The molecule has 0 amide bonds. The van der Waals surface area contributed by atoms with Crippen LogP contribution in [0, 0.1) is 88.5 Å². The molecule has 0 aliphatic rings. The van der Waals surface area contributed by atoms with Gasteiger partial charge in [-0.15, -0.1) is 0 Å². The molecule has 82 heavy (non-hydrogen) atoms. The van der Waals surface area contributed by atoms with Gasteiger partial charge >= 0.3 is 0 Å². The van der Waals surface area contributed by atoms with E-state index in [1.807, 2.05) is 0 Å². The van der Waals surface area contributed by atoms with E-state index in [0.29, 0.717) is 17.3 Å². The van der Waals surface area contributed by atoms with Crippen LogP contribution in [0.1, 0.15) is 189 Å². The summed E-state index contributed by atoms with van der Waals surface area (Å²) in [5.41, 5.74) is 33.0. The number of aromatic nitrogens is 4. The van der Waals surface area contributed by atoms with E-state index in [1.165, 1.54) is 153 Å². The fraction of sp³-hybridized carbons (Fsp3) is 0.436. The summed E-state index contributed by atoms with van der Waals surface area (Å²) in [6.07, 6.45) is 13.5. The molecule has 0 saturated heterocycles. The smallest absolute Gasteiger partial charge is 0.201 e. The number of hydrogen-bond acceptors (Lipinski definition) is 0. The van der Waals surface area contributed by atoms with E-state index >= 15 is 0 Å². The van der Waals surface area contributed by atoms with Crippen molar-refractivity contribution in [3.8, 4) is 45.0 Å². The van der Waals surface area contributed by atoms with E-state index in [9.17, 15) is 0 Å². The summed E-state index contributed by atoms with van der Waals surface area (Å²) < 4.78 is 8.99. The molecule has 1 atom stereocenters. The minimum absolute atomic E-state index is 0.202. The lowest BCUT2D eigenvalue weighted by Crippen LogP contribution is -2.32. The molecule has 4 aromatic heterocycles. The van der Waals surface area contributed by atoms with Crippen LogP contribution in [0.25, 0.3) is 45.0 Å². The zero-order chi connectivity index (χ0) is 61.3. The van der Waals surface area contributed by atoms with Crippen molar-refractivity contribution in [3.05, 3.63) is 211 Å². The Balaban J connectivity index is 0.000000200. The first-order valence-electron chi connectivity index (χ1n) is 30.6. The van der Waals surface area contributed by atoms with E-state index in [-0.39, 0.29) is 5.41 Å². The van der Waals surface area contributed by atoms with Gasteiger partial charge in [-0.05, 0) is 224 Å². The fourth-order valence-corrected chi connectivity index (χ4v) is 12.6. The van der Waals surface area contributed by atoms with Crippen molar-refractivity contribution in [2.75, 3.05) is 0 Å². The van der Waals surface area contributed by atoms with Crippen LogP contribution in [0.15, 0.2) is 122 Å². The van der Waals surface area contributed by atoms with Gasteiger partial charge in [0.15, 0.2) is 24.8 Å². The first kappa shape index (κ1) is 66.3. The number of aryl methyl sites for hydroxylation is 16. The van der Waals surface area contributed by atoms with Crippen LogP contribution in [0.4, 0.5) is 0 Å². The molecule has 4 heteroatoms. The third-order valence-corrected chi connectivity index (χ3v) is 16.5. The lowest BCUT2D eigenvalue weighted by Gasteiger charge is -2.20. The molecule has 1 unspecified atom stereocenters. The van der Waals surface area contributed by atoms with Crippen LogP contribution < -0.4 is 18.3 Å². The highest BCUT2D eigenvalue weighted by Crippen LogP contribution is 2.33. The molecule has 0 spiro atoms. The van der Waals surface area contributed by atoms with Gasteiger partial charge in [-0.25, -0.2) is 18.3 Å². The molecule has 0 fully saturated rings. The van der Waals surface area contributed by atoms with Gasteiger partial charge in [-0.2, -0.15) is 0 Å². The van der Waals surface area contributed by atoms with Crippen LogP contribution in [0.5, 0.6) is 0 Å². The third-order valence-electron chi connectivity index (χ3n) is 16.5. The van der Waals surface area contributed by atoms with Gasteiger partial charge in [0.25, 0.3) is 0 Å². The molecule has 436 valence electrons. The standard InChI is InChI=1S/2C20H28N.2C19H26N/c1-14-10-16(3)19(21(7)13-14)18-9-8-17(11-15(18)2)12-20(4,5)6;1-7-17(8-2)18-9-10-19(15(4)12-18)20-16(5)11-14(3)13-21(20)6;1-13-10-15(3)18(20(7)12-13)17-9-8-16(11-14(17)2)19(4,5)6;1-7-14(3)17-8-9-18(15(4)11-17)19-16(5)10-13(2)12-20(19)6/h8-11,13H,12H2,1-7H3;9-13,17H,7-8H2,1-6H3;8-12H,1-7H3;8-12,14H,7H2,1-6H3/q4*+1. The SMILES string of the molecule is CCC(C)c1ccc(-c2c(C)cc(C)c[n+]2C)c(C)c1.CCC(CC)c1ccc(-c2c(C)cc(C)c[n+]2C)c(C)c1.Cc1cc(C)c(-c2ccc(C(C)(C)C)cc2C)[n+](C)c1.Cc1cc(C)c(-c2ccc(CC(C)(C)C)cc2C)[n+](C)c1. The lowest BCUT2D eigenvalue weighted by atomic mass is 9.85. The van der Waals surface area contributed by atoms with E-state index in [2.05, 4.69) is 321 Å². The summed E-state index contributed by atoms with van der Waals surface area (Å²) in [7, 11) is 8.55. The zero-order valence-corrected chi connectivity index (χ0v) is 56.3. The summed E-state index contributed by atoms with van der Waals surface area (Å²) in [5, 5.41) is 0. The summed E-state index contributed by atoms with van der Waals surface area (Å²) in [5.74, 6) is 1.32. The summed E-state index contributed by atoms with van der Waals surface area (Å²) in [6, 6.07) is 36.8. The molecule has 0 aliphatic carbocycles. The number of pyridine rings is 4. The van der Waals surface area contributed by atoms with Crippen molar-refractivity contribution in [3.63, 3.8) is 0 Å². The predicted octanol–water partition coefficient (Wildman–Crippen LogP) is 18.7. The van der Waals surface area contributed by atoms with Gasteiger partial charge in [0.2, 0.25) is 22.8 Å². The second-order valence-electron chi connectivity index (χ2n) is 26.8. The Morgan fingerprint density at radius 3 is 0.963 bits per heavy atom. The number of hydrogen-bond donors (Lipinski definition) is 0. The topological polar surface area (TPSA) is 15.5 Å². The molecule has 0 radical (unpaired) electrons. The molecular formula is C78H108N4+4. The molecule has 4 aromatic carbocycles. The zero-order valence-electron chi connectivity index (χ0n) is 56.3. The Bertz CT molecular complexity index is 3400. The molecule has 0 aliphatic heterocycles. The van der Waals surface area contributed by atoms with E-state index < -0.39 is 0 Å². The predicted molar refractivity (Wildman–Crippen MR) is 353 cm³/mol. The first-order valence-corrected chi connectivity index (χ1v) is 30.6. The molecule has 0 bridgehead atoms. The van der Waals surface area contributed by atoms with Gasteiger partial charge < -0.3 is 0 Å². The minimum atomic E-state index is 0.202. The monoisotopic (exact) mass is 1100 g/mol. The van der Waals surface area contributed by atoms with Crippen LogP contribution in [-0.2, 0) is 40.0 Å². The highest BCUT2D eigenvalue weighted by atomic mass is 14.9. The summed E-state index contributed by atoms with van der Waals surface area (Å²) in [6.45, 7) is 49.1. The third kappa shape index (κ3) is 17.0. The Labute approximate surface area is 500 Å². The van der Waals surface area contributed by atoms with Gasteiger partial charge in [0.05, 0.1) is 0 Å². The van der Waals surface area contributed by atoms with Gasteiger partial charge in [0, 0.05) is 66.8 Å².